The number of hydrogen-bond acceptors (Lipinski definition) is 4. The molecule has 0 unspecified atom stereocenters. The zero-order valence-electron chi connectivity index (χ0n) is 7.62. The molecule has 1 aromatic carbocycles. The first kappa shape index (κ1) is 16.5. The third kappa shape index (κ3) is 12.1. The number of halogens is 1. The summed E-state index contributed by atoms with van der Waals surface area (Å²) in [5, 5.41) is 0. The number of benzene rings is 1. The largest absolute Gasteiger partial charge is 1.00 e. The van der Waals surface area contributed by atoms with Gasteiger partial charge in [-0.3, -0.25) is 0 Å². The van der Waals surface area contributed by atoms with Gasteiger partial charge in [0.1, 0.15) is 0 Å². The molecule has 0 radical (unpaired) electrons. The van der Waals surface area contributed by atoms with Gasteiger partial charge in [-0.2, -0.15) is 0 Å². The Hall–Kier alpha value is 0.0903. The van der Waals surface area contributed by atoms with Gasteiger partial charge < -0.3 is 0 Å². The van der Waals surface area contributed by atoms with Crippen molar-refractivity contribution in [2.45, 2.75) is 13.8 Å². The van der Waals surface area contributed by atoms with E-state index in [0.29, 0.717) is 0 Å². The van der Waals surface area contributed by atoms with Crippen LogP contribution in [0.2, 0.25) is 0 Å². The summed E-state index contributed by atoms with van der Waals surface area (Å²) in [6, 6.07) is 8.36. The van der Waals surface area contributed by atoms with Gasteiger partial charge in [0, 0.05) is 0 Å². The molecular weight excluding hydrogens is 303 g/mol. The fourth-order valence-electron chi connectivity index (χ4n) is 0.663. The standard InChI is InChI=1S/C8H10.Ag.ClHO4/c1-7-5-3-4-6-8(7)2;;2-1(3,4)5/h3-6H,1-2H3;;(H,2,3,4,5)/q;+1;/p-1. The molecule has 0 fully saturated rings. The summed E-state index contributed by atoms with van der Waals surface area (Å²) in [5.74, 6) is 0. The topological polar surface area (TPSA) is 92.2 Å². The number of rotatable bonds is 0. The fraction of sp³-hybridized carbons (Fsp3) is 0.250. The molecule has 0 bridgehead atoms. The van der Waals surface area contributed by atoms with Crippen LogP contribution in [0.3, 0.4) is 0 Å². The summed E-state index contributed by atoms with van der Waals surface area (Å²) in [6.07, 6.45) is 0. The predicted octanol–water partition coefficient (Wildman–Crippen LogP) is -2.46. The van der Waals surface area contributed by atoms with Gasteiger partial charge in [0.25, 0.3) is 0 Å². The molecule has 14 heavy (non-hydrogen) atoms. The minimum atomic E-state index is -4.94. The van der Waals surface area contributed by atoms with Crippen LogP contribution in [-0.4, -0.2) is 0 Å². The van der Waals surface area contributed by atoms with E-state index in [0.717, 1.165) is 0 Å². The molecule has 0 aromatic heterocycles. The summed E-state index contributed by atoms with van der Waals surface area (Å²) in [6.45, 7) is 4.24. The average molecular weight is 313 g/mol. The van der Waals surface area contributed by atoms with Crippen LogP contribution in [0.25, 0.3) is 0 Å². The molecule has 1 aromatic rings. The maximum absolute atomic E-state index is 8.49. The Morgan fingerprint density at radius 1 is 0.857 bits per heavy atom. The molecule has 1 rings (SSSR count). The van der Waals surface area contributed by atoms with E-state index < -0.39 is 10.2 Å². The maximum Gasteiger partial charge on any atom is 1.00 e. The SMILES string of the molecule is Cc1ccccc1C.[Ag+].[O-][Cl+3]([O-])([O-])[O-]. The minimum Gasteiger partial charge on any atom is -0.222 e. The maximum atomic E-state index is 8.49. The molecule has 0 saturated heterocycles. The molecule has 0 saturated carbocycles. The quantitative estimate of drug-likeness (QED) is 0.497. The summed E-state index contributed by atoms with van der Waals surface area (Å²) in [5.41, 5.74) is 2.74. The van der Waals surface area contributed by atoms with Crippen LogP contribution in [0.1, 0.15) is 11.1 Å². The van der Waals surface area contributed by atoms with Crippen molar-refractivity contribution >= 4 is 0 Å². The van der Waals surface area contributed by atoms with Gasteiger partial charge in [-0.25, -0.2) is 18.6 Å². The van der Waals surface area contributed by atoms with Crippen molar-refractivity contribution in [1.29, 1.82) is 0 Å². The first-order valence-electron chi connectivity index (χ1n) is 3.44. The Balaban J connectivity index is 0. The first-order valence-corrected chi connectivity index (χ1v) is 4.68. The Kier molecular flexibility index (Phi) is 8.72. The van der Waals surface area contributed by atoms with Crippen LogP contribution in [0.15, 0.2) is 24.3 Å². The van der Waals surface area contributed by atoms with Gasteiger partial charge in [0.05, 0.1) is 0 Å². The number of hydrogen-bond donors (Lipinski definition) is 0. The van der Waals surface area contributed by atoms with Crippen LogP contribution >= 0.6 is 0 Å². The zero-order valence-corrected chi connectivity index (χ0v) is 9.86. The Morgan fingerprint density at radius 2 is 1.07 bits per heavy atom. The van der Waals surface area contributed by atoms with Crippen molar-refractivity contribution in [3.8, 4) is 0 Å². The molecule has 4 nitrogen and oxygen atoms in total. The van der Waals surface area contributed by atoms with E-state index in [2.05, 4.69) is 38.1 Å². The monoisotopic (exact) mass is 312 g/mol. The molecule has 0 aliphatic rings. The Bertz CT molecular complexity index is 235. The summed E-state index contributed by atoms with van der Waals surface area (Å²) in [7, 11) is -4.94. The van der Waals surface area contributed by atoms with Gasteiger partial charge >= 0.3 is 22.4 Å². The smallest absolute Gasteiger partial charge is 0.222 e. The van der Waals surface area contributed by atoms with Crippen molar-refractivity contribution in [3.63, 3.8) is 0 Å². The minimum absolute atomic E-state index is 0. The summed E-state index contributed by atoms with van der Waals surface area (Å²) < 4.78 is 34.0. The van der Waals surface area contributed by atoms with Gasteiger partial charge in [-0.05, 0) is 25.0 Å². The van der Waals surface area contributed by atoms with Crippen LogP contribution in [0.4, 0.5) is 0 Å². The Labute approximate surface area is 100 Å². The molecular formula is C8H10AgClO4. The van der Waals surface area contributed by atoms with E-state index >= 15 is 0 Å². The van der Waals surface area contributed by atoms with Gasteiger partial charge in [0.15, 0.2) is 0 Å². The van der Waals surface area contributed by atoms with Crippen LogP contribution in [0, 0.1) is 24.1 Å². The third-order valence-corrected chi connectivity index (χ3v) is 1.43. The van der Waals surface area contributed by atoms with Crippen molar-refractivity contribution < 1.29 is 51.3 Å². The second kappa shape index (κ2) is 7.39. The van der Waals surface area contributed by atoms with Gasteiger partial charge in [-0.15, -0.1) is 10.2 Å². The van der Waals surface area contributed by atoms with E-state index in [1.165, 1.54) is 11.1 Å². The summed E-state index contributed by atoms with van der Waals surface area (Å²) in [4.78, 5) is 0. The average Bonchev–Trinajstić information content (AvgIpc) is 1.92. The Morgan fingerprint density at radius 3 is 1.21 bits per heavy atom. The zero-order chi connectivity index (χ0) is 10.5. The van der Waals surface area contributed by atoms with Crippen LogP contribution in [-0.2, 0) is 22.4 Å². The second-order valence-corrected chi connectivity index (χ2v) is 3.22. The molecule has 0 aliphatic carbocycles. The van der Waals surface area contributed by atoms with E-state index in [1.807, 2.05) is 0 Å². The molecule has 6 heteroatoms. The molecule has 0 atom stereocenters. The normalized spacial score (nSPS) is 9.57. The van der Waals surface area contributed by atoms with Gasteiger partial charge in [0.2, 0.25) is 0 Å². The van der Waals surface area contributed by atoms with Crippen molar-refractivity contribution in [2.75, 3.05) is 0 Å². The van der Waals surface area contributed by atoms with Crippen LogP contribution < -0.4 is 18.6 Å². The second-order valence-electron chi connectivity index (χ2n) is 2.46. The van der Waals surface area contributed by atoms with Crippen molar-refractivity contribution in [3.05, 3.63) is 35.4 Å². The number of aryl methyl sites for hydroxylation is 2. The van der Waals surface area contributed by atoms with E-state index in [1.54, 1.807) is 0 Å². The van der Waals surface area contributed by atoms with E-state index in [4.69, 9.17) is 18.6 Å². The molecule has 0 amide bonds. The predicted molar refractivity (Wildman–Crippen MR) is 35.9 cm³/mol. The molecule has 0 N–H and O–H groups in total. The fourth-order valence-corrected chi connectivity index (χ4v) is 0.663. The molecule has 0 aliphatic heterocycles. The van der Waals surface area contributed by atoms with Crippen molar-refractivity contribution in [2.24, 2.45) is 0 Å². The van der Waals surface area contributed by atoms with Crippen molar-refractivity contribution in [1.82, 2.24) is 0 Å². The molecule has 84 valence electrons. The molecule has 0 heterocycles. The van der Waals surface area contributed by atoms with Crippen LogP contribution in [0.5, 0.6) is 0 Å². The van der Waals surface area contributed by atoms with Gasteiger partial charge in [-0.1, -0.05) is 24.3 Å². The van der Waals surface area contributed by atoms with E-state index in [-0.39, 0.29) is 22.4 Å². The third-order valence-electron chi connectivity index (χ3n) is 1.43. The summed E-state index contributed by atoms with van der Waals surface area (Å²) >= 11 is 0. The molecule has 0 spiro atoms. The van der Waals surface area contributed by atoms with E-state index in [9.17, 15) is 0 Å². The first-order chi connectivity index (χ1) is 5.80.